The topological polar surface area (TPSA) is 72.1 Å². The number of amides is 1. The number of fused-ring (bicyclic) bond motifs is 1. The van der Waals surface area contributed by atoms with E-state index in [-0.39, 0.29) is 5.91 Å². The molecule has 2 aromatic rings. The average molecular weight is 254 g/mol. The van der Waals surface area contributed by atoms with E-state index in [9.17, 15) is 4.79 Å². The lowest BCUT2D eigenvalue weighted by Gasteiger charge is -2.17. The lowest BCUT2D eigenvalue weighted by Crippen LogP contribution is -2.29. The molecule has 1 aliphatic rings. The summed E-state index contributed by atoms with van der Waals surface area (Å²) in [5.74, 6) is -0.0809. The van der Waals surface area contributed by atoms with Gasteiger partial charge in [0.1, 0.15) is 6.33 Å². The SMILES string of the molecule is Cc1cc2c(cc1N)N(C(=O)c1cncnc1)CC2. The number of hydrogen-bond acceptors (Lipinski definition) is 4. The summed E-state index contributed by atoms with van der Waals surface area (Å²) in [7, 11) is 0. The van der Waals surface area contributed by atoms with Crippen molar-refractivity contribution in [2.24, 2.45) is 0 Å². The molecule has 0 aliphatic carbocycles. The predicted octanol–water partition coefficient (Wildman–Crippen LogP) is 1.57. The molecule has 0 saturated heterocycles. The lowest BCUT2D eigenvalue weighted by molar-refractivity contribution is 0.0988. The molecule has 1 amide bonds. The van der Waals surface area contributed by atoms with E-state index in [1.807, 2.05) is 13.0 Å². The number of nitrogen functional groups attached to an aromatic ring is 1. The Bertz CT molecular complexity index is 639. The molecule has 0 spiro atoms. The Morgan fingerprint density at radius 1 is 1.32 bits per heavy atom. The van der Waals surface area contributed by atoms with Crippen molar-refractivity contribution in [2.45, 2.75) is 13.3 Å². The summed E-state index contributed by atoms with van der Waals surface area (Å²) in [5.41, 5.74) is 10.3. The molecule has 3 rings (SSSR count). The molecule has 0 unspecified atom stereocenters. The standard InChI is InChI=1S/C14H14N4O/c1-9-4-10-2-3-18(13(10)5-12(9)15)14(19)11-6-16-8-17-7-11/h4-8H,2-3,15H2,1H3. The van der Waals surface area contributed by atoms with Gasteiger partial charge >= 0.3 is 0 Å². The Morgan fingerprint density at radius 3 is 2.79 bits per heavy atom. The third-order valence-electron chi connectivity index (χ3n) is 3.42. The Hall–Kier alpha value is -2.43. The first-order chi connectivity index (χ1) is 9.16. The van der Waals surface area contributed by atoms with Gasteiger partial charge in [0, 0.05) is 30.3 Å². The first-order valence-electron chi connectivity index (χ1n) is 6.12. The second-order valence-electron chi connectivity index (χ2n) is 4.67. The van der Waals surface area contributed by atoms with Gasteiger partial charge in [0.25, 0.3) is 5.91 Å². The maximum atomic E-state index is 12.4. The summed E-state index contributed by atoms with van der Waals surface area (Å²) < 4.78 is 0. The highest BCUT2D eigenvalue weighted by atomic mass is 16.2. The fraction of sp³-hybridized carbons (Fsp3) is 0.214. The molecule has 96 valence electrons. The first kappa shape index (κ1) is 11.6. The number of nitrogens with zero attached hydrogens (tertiary/aromatic N) is 3. The van der Waals surface area contributed by atoms with Crippen LogP contribution in [0.15, 0.2) is 30.9 Å². The Morgan fingerprint density at radius 2 is 2.05 bits per heavy atom. The van der Waals surface area contributed by atoms with E-state index < -0.39 is 0 Å². The van der Waals surface area contributed by atoms with Crippen molar-refractivity contribution >= 4 is 17.3 Å². The van der Waals surface area contributed by atoms with Gasteiger partial charge in [-0.2, -0.15) is 0 Å². The molecule has 5 heteroatoms. The molecule has 0 fully saturated rings. The molecular weight excluding hydrogens is 240 g/mol. The number of hydrogen-bond donors (Lipinski definition) is 1. The number of aromatic nitrogens is 2. The van der Waals surface area contributed by atoms with Gasteiger partial charge in [-0.05, 0) is 30.5 Å². The van der Waals surface area contributed by atoms with Gasteiger partial charge in [-0.25, -0.2) is 9.97 Å². The van der Waals surface area contributed by atoms with Crippen LogP contribution in [-0.4, -0.2) is 22.4 Å². The quantitative estimate of drug-likeness (QED) is 0.784. The fourth-order valence-electron chi connectivity index (χ4n) is 2.35. The van der Waals surface area contributed by atoms with E-state index in [0.717, 1.165) is 23.2 Å². The van der Waals surface area contributed by atoms with E-state index in [1.165, 1.54) is 18.7 Å². The van der Waals surface area contributed by atoms with Crippen LogP contribution in [0.5, 0.6) is 0 Å². The maximum Gasteiger partial charge on any atom is 0.261 e. The fourth-order valence-corrected chi connectivity index (χ4v) is 2.35. The second-order valence-corrected chi connectivity index (χ2v) is 4.67. The van der Waals surface area contributed by atoms with E-state index in [1.54, 1.807) is 4.90 Å². The number of carbonyl (C=O) groups is 1. The van der Waals surface area contributed by atoms with Crippen LogP contribution in [0.1, 0.15) is 21.5 Å². The minimum absolute atomic E-state index is 0.0809. The molecule has 5 nitrogen and oxygen atoms in total. The second kappa shape index (κ2) is 4.35. The van der Waals surface area contributed by atoms with Crippen LogP contribution in [0.2, 0.25) is 0 Å². The average Bonchev–Trinajstić information content (AvgIpc) is 2.82. The smallest absolute Gasteiger partial charge is 0.261 e. The van der Waals surface area contributed by atoms with E-state index in [0.29, 0.717) is 17.8 Å². The van der Waals surface area contributed by atoms with Crippen LogP contribution in [0, 0.1) is 6.92 Å². The molecule has 1 aromatic heterocycles. The predicted molar refractivity (Wildman–Crippen MR) is 73.0 cm³/mol. The van der Waals surface area contributed by atoms with Crippen LogP contribution in [0.4, 0.5) is 11.4 Å². The molecule has 19 heavy (non-hydrogen) atoms. The minimum Gasteiger partial charge on any atom is -0.398 e. The summed E-state index contributed by atoms with van der Waals surface area (Å²) in [4.78, 5) is 21.9. The van der Waals surface area contributed by atoms with Gasteiger partial charge in [-0.3, -0.25) is 4.79 Å². The molecular formula is C14H14N4O. The molecule has 0 bridgehead atoms. The van der Waals surface area contributed by atoms with Gasteiger partial charge in [-0.1, -0.05) is 6.07 Å². The van der Waals surface area contributed by atoms with Crippen molar-refractivity contribution in [3.63, 3.8) is 0 Å². The molecule has 0 saturated carbocycles. The number of anilines is 2. The zero-order chi connectivity index (χ0) is 13.4. The minimum atomic E-state index is -0.0809. The highest BCUT2D eigenvalue weighted by Crippen LogP contribution is 2.32. The first-order valence-corrected chi connectivity index (χ1v) is 6.12. The van der Waals surface area contributed by atoms with Crippen molar-refractivity contribution in [2.75, 3.05) is 17.2 Å². The van der Waals surface area contributed by atoms with E-state index in [2.05, 4.69) is 16.0 Å². The van der Waals surface area contributed by atoms with Crippen molar-refractivity contribution in [3.8, 4) is 0 Å². The normalized spacial score (nSPS) is 13.4. The van der Waals surface area contributed by atoms with Gasteiger partial charge < -0.3 is 10.6 Å². The monoisotopic (exact) mass is 254 g/mol. The third kappa shape index (κ3) is 1.93. The highest BCUT2D eigenvalue weighted by molar-refractivity contribution is 6.07. The number of rotatable bonds is 1. The Balaban J connectivity index is 1.99. The zero-order valence-electron chi connectivity index (χ0n) is 10.6. The lowest BCUT2D eigenvalue weighted by atomic mass is 10.1. The summed E-state index contributed by atoms with van der Waals surface area (Å²) >= 11 is 0. The van der Waals surface area contributed by atoms with Crippen molar-refractivity contribution in [3.05, 3.63) is 47.5 Å². The van der Waals surface area contributed by atoms with Crippen LogP contribution in [-0.2, 0) is 6.42 Å². The van der Waals surface area contributed by atoms with Crippen LogP contribution in [0.25, 0.3) is 0 Å². The van der Waals surface area contributed by atoms with E-state index >= 15 is 0 Å². The Kier molecular flexibility index (Phi) is 2.67. The van der Waals surface area contributed by atoms with Gasteiger partial charge in [0.15, 0.2) is 0 Å². The highest BCUT2D eigenvalue weighted by Gasteiger charge is 2.26. The number of carbonyl (C=O) groups excluding carboxylic acids is 1. The summed E-state index contributed by atoms with van der Waals surface area (Å²) in [5, 5.41) is 0. The van der Waals surface area contributed by atoms with Crippen LogP contribution < -0.4 is 10.6 Å². The number of benzene rings is 1. The molecule has 2 heterocycles. The summed E-state index contributed by atoms with van der Waals surface area (Å²) in [6, 6.07) is 3.93. The summed E-state index contributed by atoms with van der Waals surface area (Å²) in [6.45, 7) is 2.65. The molecule has 0 radical (unpaired) electrons. The molecule has 2 N–H and O–H groups in total. The van der Waals surface area contributed by atoms with E-state index in [4.69, 9.17) is 5.73 Å². The third-order valence-corrected chi connectivity index (χ3v) is 3.42. The number of aryl methyl sites for hydroxylation is 1. The van der Waals surface area contributed by atoms with Crippen molar-refractivity contribution < 1.29 is 4.79 Å². The van der Waals surface area contributed by atoms with Crippen molar-refractivity contribution in [1.29, 1.82) is 0 Å². The molecule has 1 aliphatic heterocycles. The zero-order valence-corrected chi connectivity index (χ0v) is 10.6. The summed E-state index contributed by atoms with van der Waals surface area (Å²) in [6.07, 6.45) is 5.34. The van der Waals surface area contributed by atoms with Crippen LogP contribution in [0.3, 0.4) is 0 Å². The van der Waals surface area contributed by atoms with Crippen LogP contribution >= 0.6 is 0 Å². The largest absolute Gasteiger partial charge is 0.398 e. The maximum absolute atomic E-state index is 12.4. The Labute approximate surface area is 111 Å². The molecule has 1 aromatic carbocycles. The van der Waals surface area contributed by atoms with Gasteiger partial charge in [0.2, 0.25) is 0 Å². The van der Waals surface area contributed by atoms with Gasteiger partial charge in [-0.15, -0.1) is 0 Å². The number of nitrogens with two attached hydrogens (primary N) is 1. The van der Waals surface area contributed by atoms with Crippen molar-refractivity contribution in [1.82, 2.24) is 9.97 Å². The van der Waals surface area contributed by atoms with Gasteiger partial charge in [0.05, 0.1) is 5.56 Å². The molecule has 0 atom stereocenters.